The number of hydrogen-bond acceptors (Lipinski definition) is 1. The molecule has 1 nitrogen and oxygen atoms in total. The molecular formula is C19H24IN. The van der Waals surface area contributed by atoms with Crippen LogP contribution in [0.15, 0.2) is 48.5 Å². The summed E-state index contributed by atoms with van der Waals surface area (Å²) in [6.45, 7) is 7.65. The van der Waals surface area contributed by atoms with E-state index in [1.807, 2.05) is 0 Å². The molecule has 0 aliphatic rings. The summed E-state index contributed by atoms with van der Waals surface area (Å²) in [6, 6.07) is 18.2. The van der Waals surface area contributed by atoms with Crippen molar-refractivity contribution in [2.75, 3.05) is 6.54 Å². The molecule has 1 N–H and O–H groups in total. The van der Waals surface area contributed by atoms with E-state index in [9.17, 15) is 0 Å². The van der Waals surface area contributed by atoms with Crippen LogP contribution in [0.4, 0.5) is 0 Å². The zero-order valence-corrected chi connectivity index (χ0v) is 15.2. The van der Waals surface area contributed by atoms with E-state index in [4.69, 9.17) is 0 Å². The summed E-state index contributed by atoms with van der Waals surface area (Å²) in [5, 5.41) is 3.59. The topological polar surface area (TPSA) is 12.0 Å². The van der Waals surface area contributed by atoms with Crippen LogP contribution in [0.5, 0.6) is 0 Å². The third-order valence-corrected chi connectivity index (χ3v) is 4.78. The van der Waals surface area contributed by atoms with Crippen LogP contribution in [0.25, 0.3) is 0 Å². The fourth-order valence-electron chi connectivity index (χ4n) is 2.54. The predicted molar refractivity (Wildman–Crippen MR) is 99.8 cm³/mol. The number of nitrogens with one attached hydrogen (secondary N) is 1. The zero-order valence-electron chi connectivity index (χ0n) is 13.1. The molecule has 0 aliphatic carbocycles. The first-order chi connectivity index (χ1) is 10.2. The van der Waals surface area contributed by atoms with Gasteiger partial charge in [-0.15, -0.1) is 0 Å². The fraction of sp³-hybridized carbons (Fsp3) is 0.368. The molecule has 21 heavy (non-hydrogen) atoms. The lowest BCUT2D eigenvalue weighted by atomic mass is 9.93. The first kappa shape index (κ1) is 16.5. The number of rotatable bonds is 6. The van der Waals surface area contributed by atoms with Crippen LogP contribution in [0.3, 0.4) is 0 Å². The molecule has 0 amide bonds. The van der Waals surface area contributed by atoms with E-state index in [1.165, 1.54) is 26.7 Å². The molecule has 112 valence electrons. The maximum Gasteiger partial charge on any atom is 0.0576 e. The van der Waals surface area contributed by atoms with Gasteiger partial charge < -0.3 is 5.32 Å². The van der Waals surface area contributed by atoms with Crippen LogP contribution in [-0.2, 0) is 0 Å². The lowest BCUT2D eigenvalue weighted by Gasteiger charge is -2.20. The molecule has 0 heterocycles. The summed E-state index contributed by atoms with van der Waals surface area (Å²) < 4.78 is 1.28. The van der Waals surface area contributed by atoms with Gasteiger partial charge in [0.2, 0.25) is 0 Å². The summed E-state index contributed by atoms with van der Waals surface area (Å²) in [4.78, 5) is 0. The Morgan fingerprint density at radius 3 is 1.81 bits per heavy atom. The lowest BCUT2D eigenvalue weighted by Crippen LogP contribution is -2.22. The van der Waals surface area contributed by atoms with Crippen LogP contribution in [-0.4, -0.2) is 6.54 Å². The van der Waals surface area contributed by atoms with Gasteiger partial charge in [-0.05, 0) is 70.3 Å². The average molecular weight is 393 g/mol. The van der Waals surface area contributed by atoms with Crippen LogP contribution in [0.1, 0.15) is 55.8 Å². The predicted octanol–water partition coefficient (Wildman–Crippen LogP) is 5.50. The standard InChI is InChI=1S/C19H24IN/c1-4-14(3)15-6-8-16(9-7-15)19(21-5-2)17-10-12-18(20)13-11-17/h6-14,19,21H,4-5H2,1-3H3. The highest BCUT2D eigenvalue weighted by molar-refractivity contribution is 14.1. The Morgan fingerprint density at radius 1 is 0.857 bits per heavy atom. The van der Waals surface area contributed by atoms with Crippen LogP contribution < -0.4 is 5.32 Å². The van der Waals surface area contributed by atoms with E-state index in [2.05, 4.69) is 97.2 Å². The second kappa shape index (κ2) is 7.95. The van der Waals surface area contributed by atoms with Gasteiger partial charge >= 0.3 is 0 Å². The van der Waals surface area contributed by atoms with E-state index < -0.39 is 0 Å². The zero-order chi connectivity index (χ0) is 15.2. The highest BCUT2D eigenvalue weighted by atomic mass is 127. The average Bonchev–Trinajstić information content (AvgIpc) is 2.53. The van der Waals surface area contributed by atoms with Crippen molar-refractivity contribution in [3.63, 3.8) is 0 Å². The van der Waals surface area contributed by atoms with Crippen LogP contribution >= 0.6 is 22.6 Å². The lowest BCUT2D eigenvalue weighted by molar-refractivity contribution is 0.629. The minimum atomic E-state index is 0.276. The highest BCUT2D eigenvalue weighted by Crippen LogP contribution is 2.25. The molecule has 0 bridgehead atoms. The Kier molecular flexibility index (Phi) is 6.24. The number of halogens is 1. The summed E-state index contributed by atoms with van der Waals surface area (Å²) in [5.41, 5.74) is 4.10. The Morgan fingerprint density at radius 2 is 1.33 bits per heavy atom. The van der Waals surface area contributed by atoms with Crippen LogP contribution in [0.2, 0.25) is 0 Å². The van der Waals surface area contributed by atoms with Gasteiger partial charge in [0.25, 0.3) is 0 Å². The first-order valence-electron chi connectivity index (χ1n) is 7.74. The molecule has 2 unspecified atom stereocenters. The number of hydrogen-bond donors (Lipinski definition) is 1. The summed E-state index contributed by atoms with van der Waals surface area (Å²) in [5.74, 6) is 0.634. The molecule has 0 saturated heterocycles. The summed E-state index contributed by atoms with van der Waals surface area (Å²) in [7, 11) is 0. The van der Waals surface area contributed by atoms with Crippen molar-refractivity contribution >= 4 is 22.6 Å². The molecule has 0 aromatic heterocycles. The van der Waals surface area contributed by atoms with E-state index in [1.54, 1.807) is 0 Å². The van der Waals surface area contributed by atoms with Gasteiger partial charge in [0.05, 0.1) is 6.04 Å². The van der Waals surface area contributed by atoms with Gasteiger partial charge in [0.15, 0.2) is 0 Å². The fourth-order valence-corrected chi connectivity index (χ4v) is 2.90. The molecule has 2 aromatic rings. The minimum absolute atomic E-state index is 0.276. The van der Waals surface area contributed by atoms with Gasteiger partial charge in [0, 0.05) is 3.57 Å². The van der Waals surface area contributed by atoms with Crippen molar-refractivity contribution in [1.82, 2.24) is 5.32 Å². The number of benzene rings is 2. The van der Waals surface area contributed by atoms with E-state index in [0.29, 0.717) is 5.92 Å². The third kappa shape index (κ3) is 4.30. The van der Waals surface area contributed by atoms with E-state index in [0.717, 1.165) is 6.54 Å². The van der Waals surface area contributed by atoms with E-state index in [-0.39, 0.29) is 6.04 Å². The van der Waals surface area contributed by atoms with Crippen molar-refractivity contribution in [3.05, 3.63) is 68.8 Å². The molecule has 2 heteroatoms. The van der Waals surface area contributed by atoms with Gasteiger partial charge in [-0.25, -0.2) is 0 Å². The second-order valence-corrected chi connectivity index (χ2v) is 6.76. The van der Waals surface area contributed by atoms with Crippen molar-refractivity contribution in [3.8, 4) is 0 Å². The smallest absolute Gasteiger partial charge is 0.0576 e. The molecule has 2 atom stereocenters. The largest absolute Gasteiger partial charge is 0.307 e. The second-order valence-electron chi connectivity index (χ2n) is 5.52. The molecule has 2 aromatic carbocycles. The van der Waals surface area contributed by atoms with Gasteiger partial charge in [0.1, 0.15) is 0 Å². The SMILES string of the molecule is CCNC(c1ccc(I)cc1)c1ccc(C(C)CC)cc1. The van der Waals surface area contributed by atoms with E-state index >= 15 is 0 Å². The maximum absolute atomic E-state index is 3.59. The summed E-state index contributed by atoms with van der Waals surface area (Å²) in [6.07, 6.45) is 1.19. The Hall–Kier alpha value is -0.870. The molecule has 0 aliphatic heterocycles. The molecule has 0 saturated carbocycles. The highest BCUT2D eigenvalue weighted by Gasteiger charge is 2.13. The maximum atomic E-state index is 3.59. The normalized spacial score (nSPS) is 13.9. The van der Waals surface area contributed by atoms with Crippen LogP contribution in [0, 0.1) is 3.57 Å². The Balaban J connectivity index is 2.27. The summed E-state index contributed by atoms with van der Waals surface area (Å²) >= 11 is 2.35. The molecule has 0 fully saturated rings. The van der Waals surface area contributed by atoms with Crippen molar-refractivity contribution in [2.45, 2.75) is 39.2 Å². The molecule has 0 radical (unpaired) electrons. The third-order valence-electron chi connectivity index (χ3n) is 4.06. The van der Waals surface area contributed by atoms with Gasteiger partial charge in [-0.1, -0.05) is 57.2 Å². The van der Waals surface area contributed by atoms with Crippen molar-refractivity contribution in [2.24, 2.45) is 0 Å². The Bertz CT molecular complexity index is 545. The van der Waals surface area contributed by atoms with Gasteiger partial charge in [-0.3, -0.25) is 0 Å². The van der Waals surface area contributed by atoms with Crippen molar-refractivity contribution < 1.29 is 0 Å². The molecular weight excluding hydrogens is 369 g/mol. The van der Waals surface area contributed by atoms with Crippen molar-refractivity contribution in [1.29, 1.82) is 0 Å². The Labute approximate surface area is 142 Å². The quantitative estimate of drug-likeness (QED) is 0.639. The molecule has 2 rings (SSSR count). The minimum Gasteiger partial charge on any atom is -0.307 e. The molecule has 0 spiro atoms. The van der Waals surface area contributed by atoms with Gasteiger partial charge in [-0.2, -0.15) is 0 Å². The monoisotopic (exact) mass is 393 g/mol. The first-order valence-corrected chi connectivity index (χ1v) is 8.82.